The topological polar surface area (TPSA) is 38.7 Å². The van der Waals surface area contributed by atoms with Crippen molar-refractivity contribution in [2.75, 3.05) is 0 Å². The second-order valence-corrected chi connectivity index (χ2v) is 3.24. The minimum absolute atomic E-state index is 0.487. The van der Waals surface area contributed by atoms with Gasteiger partial charge in [0.25, 0.3) is 0 Å². The number of fused-ring (bicyclic) bond motifs is 1. The molecule has 0 spiro atoms. The molecule has 0 N–H and O–H groups in total. The summed E-state index contributed by atoms with van der Waals surface area (Å²) in [4.78, 5) is 7.90. The molecule has 0 amide bonds. The molecule has 0 unspecified atom stereocenters. The Labute approximate surface area is 72.2 Å². The molecule has 0 aliphatic rings. The summed E-state index contributed by atoms with van der Waals surface area (Å²) in [5.74, 6) is 0. The minimum Gasteiger partial charge on any atom is -0.233 e. The first-order chi connectivity index (χ1) is 5.29. The zero-order valence-corrected chi connectivity index (χ0v) is 7.28. The predicted molar refractivity (Wildman–Crippen MR) is 45.0 cm³/mol. The second kappa shape index (κ2) is 2.39. The highest BCUT2D eigenvalue weighted by atomic mass is 35.5. The highest BCUT2D eigenvalue weighted by Crippen LogP contribution is 2.24. The number of nitrogens with zero attached hydrogens (tertiary/aromatic N) is 3. The molecule has 11 heavy (non-hydrogen) atoms. The third kappa shape index (κ3) is 0.985. The maximum Gasteiger partial charge on any atom is 0.151 e. The third-order valence-corrected chi connectivity index (χ3v) is 2.71. The first-order valence-corrected chi connectivity index (χ1v) is 4.16. The van der Waals surface area contributed by atoms with E-state index in [4.69, 9.17) is 11.6 Å². The van der Waals surface area contributed by atoms with Crippen molar-refractivity contribution in [1.29, 1.82) is 0 Å². The van der Waals surface area contributed by atoms with Crippen molar-refractivity contribution in [2.45, 2.75) is 6.92 Å². The molecular formula is C6H4ClN3S. The average Bonchev–Trinajstić information content (AvgIpc) is 2.35. The fraction of sp³-hybridized carbons (Fsp3) is 0.167. The van der Waals surface area contributed by atoms with Gasteiger partial charge in [0.1, 0.15) is 16.5 Å². The molecule has 2 rings (SSSR count). The Morgan fingerprint density at radius 1 is 1.45 bits per heavy atom. The van der Waals surface area contributed by atoms with Gasteiger partial charge in [-0.1, -0.05) is 11.6 Å². The fourth-order valence-electron chi connectivity index (χ4n) is 0.848. The Morgan fingerprint density at radius 2 is 2.27 bits per heavy atom. The number of aryl methyl sites for hydroxylation is 1. The van der Waals surface area contributed by atoms with Crippen molar-refractivity contribution in [3.63, 3.8) is 0 Å². The molecule has 0 saturated carbocycles. The van der Waals surface area contributed by atoms with E-state index in [1.807, 2.05) is 6.92 Å². The van der Waals surface area contributed by atoms with E-state index in [9.17, 15) is 0 Å². The van der Waals surface area contributed by atoms with E-state index in [1.165, 1.54) is 17.9 Å². The molecule has 0 saturated heterocycles. The van der Waals surface area contributed by atoms with Crippen LogP contribution in [-0.2, 0) is 0 Å². The highest BCUT2D eigenvalue weighted by molar-refractivity contribution is 7.14. The van der Waals surface area contributed by atoms with Crippen LogP contribution in [0.25, 0.3) is 10.2 Å². The zero-order valence-electron chi connectivity index (χ0n) is 5.71. The number of hydrogen-bond donors (Lipinski definition) is 0. The molecule has 2 aromatic rings. The van der Waals surface area contributed by atoms with Crippen molar-refractivity contribution in [2.24, 2.45) is 0 Å². The lowest BCUT2D eigenvalue weighted by molar-refractivity contribution is 1.21. The van der Waals surface area contributed by atoms with Gasteiger partial charge in [0.2, 0.25) is 0 Å². The van der Waals surface area contributed by atoms with Crippen molar-refractivity contribution in [3.8, 4) is 0 Å². The van der Waals surface area contributed by atoms with Gasteiger partial charge in [-0.05, 0) is 18.5 Å². The molecule has 0 fully saturated rings. The molecule has 0 atom stereocenters. The summed E-state index contributed by atoms with van der Waals surface area (Å²) in [7, 11) is 0. The summed E-state index contributed by atoms with van der Waals surface area (Å²) in [6, 6.07) is 0. The van der Waals surface area contributed by atoms with Gasteiger partial charge in [-0.15, -0.1) is 0 Å². The van der Waals surface area contributed by atoms with E-state index in [0.29, 0.717) is 5.15 Å². The van der Waals surface area contributed by atoms with Crippen LogP contribution in [0.2, 0.25) is 5.15 Å². The Kier molecular flexibility index (Phi) is 1.51. The summed E-state index contributed by atoms with van der Waals surface area (Å²) >= 11 is 7.12. The van der Waals surface area contributed by atoms with Gasteiger partial charge in [0.15, 0.2) is 5.15 Å². The van der Waals surface area contributed by atoms with Gasteiger partial charge in [-0.25, -0.2) is 9.97 Å². The minimum atomic E-state index is 0.487. The van der Waals surface area contributed by atoms with Crippen LogP contribution < -0.4 is 0 Å². The average molecular weight is 186 g/mol. The third-order valence-electron chi connectivity index (χ3n) is 1.38. The van der Waals surface area contributed by atoms with Crippen molar-refractivity contribution < 1.29 is 0 Å². The lowest BCUT2D eigenvalue weighted by atomic mass is 10.4. The van der Waals surface area contributed by atoms with Crippen LogP contribution in [0.5, 0.6) is 0 Å². The highest BCUT2D eigenvalue weighted by Gasteiger charge is 2.06. The maximum absolute atomic E-state index is 5.79. The van der Waals surface area contributed by atoms with Gasteiger partial charge < -0.3 is 0 Å². The second-order valence-electron chi connectivity index (χ2n) is 2.11. The number of halogens is 1. The molecule has 3 nitrogen and oxygen atoms in total. The van der Waals surface area contributed by atoms with E-state index in [1.54, 1.807) is 0 Å². The molecule has 2 aromatic heterocycles. The van der Waals surface area contributed by atoms with E-state index in [0.717, 1.165) is 15.9 Å². The first-order valence-electron chi connectivity index (χ1n) is 3.01. The Balaban J connectivity index is 2.94. The van der Waals surface area contributed by atoms with Gasteiger partial charge in [-0.3, -0.25) is 0 Å². The SMILES string of the molecule is Cc1nsc2c(Cl)ncnc12. The molecule has 0 bridgehead atoms. The van der Waals surface area contributed by atoms with E-state index in [2.05, 4.69) is 14.3 Å². The Bertz CT molecular complexity index is 398. The van der Waals surface area contributed by atoms with Gasteiger partial charge in [0, 0.05) is 0 Å². The molecular weight excluding hydrogens is 182 g/mol. The van der Waals surface area contributed by atoms with Crippen LogP contribution in [0.4, 0.5) is 0 Å². The van der Waals surface area contributed by atoms with Crippen LogP contribution in [0.15, 0.2) is 6.33 Å². The van der Waals surface area contributed by atoms with Crippen LogP contribution >= 0.6 is 23.1 Å². The smallest absolute Gasteiger partial charge is 0.151 e. The van der Waals surface area contributed by atoms with Crippen LogP contribution in [0.3, 0.4) is 0 Å². The number of hydrogen-bond acceptors (Lipinski definition) is 4. The van der Waals surface area contributed by atoms with E-state index >= 15 is 0 Å². The Hall–Kier alpha value is -0.740. The van der Waals surface area contributed by atoms with Crippen LogP contribution in [-0.4, -0.2) is 14.3 Å². The summed E-state index contributed by atoms with van der Waals surface area (Å²) in [6.07, 6.45) is 1.45. The maximum atomic E-state index is 5.79. The summed E-state index contributed by atoms with van der Waals surface area (Å²) in [5.41, 5.74) is 1.77. The number of aromatic nitrogens is 3. The molecule has 5 heteroatoms. The molecule has 0 aliphatic heterocycles. The van der Waals surface area contributed by atoms with Gasteiger partial charge >= 0.3 is 0 Å². The normalized spacial score (nSPS) is 10.7. The monoisotopic (exact) mass is 185 g/mol. The number of rotatable bonds is 0. The van der Waals surface area contributed by atoms with Crippen LogP contribution in [0, 0.1) is 6.92 Å². The molecule has 0 aromatic carbocycles. The van der Waals surface area contributed by atoms with Crippen LogP contribution in [0.1, 0.15) is 5.69 Å². The van der Waals surface area contributed by atoms with Crippen molar-refractivity contribution in [1.82, 2.24) is 14.3 Å². The quantitative estimate of drug-likeness (QED) is 0.590. The first kappa shape index (κ1) is 6.94. The van der Waals surface area contributed by atoms with Gasteiger partial charge in [0.05, 0.1) is 5.69 Å². The standard InChI is InChI=1S/C6H4ClN3S/c1-3-4-5(11-10-3)6(7)9-2-8-4/h2H,1H3. The summed E-state index contributed by atoms with van der Waals surface area (Å²) in [5, 5.41) is 0.487. The van der Waals surface area contributed by atoms with E-state index < -0.39 is 0 Å². The largest absolute Gasteiger partial charge is 0.233 e. The predicted octanol–water partition coefficient (Wildman–Crippen LogP) is 2.05. The Morgan fingerprint density at radius 3 is 3.00 bits per heavy atom. The zero-order chi connectivity index (χ0) is 7.84. The lowest BCUT2D eigenvalue weighted by Gasteiger charge is -1.88. The summed E-state index contributed by atoms with van der Waals surface area (Å²) in [6.45, 7) is 1.90. The lowest BCUT2D eigenvalue weighted by Crippen LogP contribution is -1.79. The fourth-order valence-corrected chi connectivity index (χ4v) is 1.81. The molecule has 56 valence electrons. The van der Waals surface area contributed by atoms with Crippen molar-refractivity contribution in [3.05, 3.63) is 17.2 Å². The molecule has 0 radical (unpaired) electrons. The molecule has 0 aliphatic carbocycles. The van der Waals surface area contributed by atoms with E-state index in [-0.39, 0.29) is 0 Å². The summed E-state index contributed by atoms with van der Waals surface area (Å²) < 4.78 is 4.98. The van der Waals surface area contributed by atoms with Crippen molar-refractivity contribution >= 4 is 33.4 Å². The molecule has 2 heterocycles. The van der Waals surface area contributed by atoms with Gasteiger partial charge in [-0.2, -0.15) is 4.37 Å².